The minimum Gasteiger partial charge on any atom is -0.338 e. The molecule has 1 N–H and O–H groups in total. The SMILES string of the molecule is N#Cc1ccc(-c2cnc(N3CCNCC3)nc2)cc1. The highest BCUT2D eigenvalue weighted by Crippen LogP contribution is 2.19. The molecule has 20 heavy (non-hydrogen) atoms. The molecule has 0 unspecified atom stereocenters. The highest BCUT2D eigenvalue weighted by Gasteiger charge is 2.12. The number of aromatic nitrogens is 2. The number of rotatable bonds is 2. The van der Waals surface area contributed by atoms with Crippen LogP contribution in [0.4, 0.5) is 5.95 Å². The second-order valence-electron chi connectivity index (χ2n) is 4.70. The summed E-state index contributed by atoms with van der Waals surface area (Å²) in [6.07, 6.45) is 3.68. The monoisotopic (exact) mass is 265 g/mol. The first-order chi connectivity index (χ1) is 9.86. The number of hydrogen-bond donors (Lipinski definition) is 1. The molecule has 0 atom stereocenters. The largest absolute Gasteiger partial charge is 0.338 e. The Hall–Kier alpha value is -2.45. The van der Waals surface area contributed by atoms with Crippen LogP contribution in [0.25, 0.3) is 11.1 Å². The fourth-order valence-corrected chi connectivity index (χ4v) is 2.24. The average molecular weight is 265 g/mol. The van der Waals surface area contributed by atoms with Gasteiger partial charge in [0.15, 0.2) is 0 Å². The zero-order valence-electron chi connectivity index (χ0n) is 11.1. The first-order valence-corrected chi connectivity index (χ1v) is 6.65. The average Bonchev–Trinajstić information content (AvgIpc) is 2.56. The Morgan fingerprint density at radius 3 is 2.25 bits per heavy atom. The molecule has 0 spiro atoms. The molecule has 0 radical (unpaired) electrons. The van der Waals surface area contributed by atoms with Crippen molar-refractivity contribution in [2.45, 2.75) is 0 Å². The lowest BCUT2D eigenvalue weighted by Gasteiger charge is -2.27. The van der Waals surface area contributed by atoms with Gasteiger partial charge in [-0.15, -0.1) is 0 Å². The summed E-state index contributed by atoms with van der Waals surface area (Å²) < 4.78 is 0. The molecule has 0 bridgehead atoms. The molecular weight excluding hydrogens is 250 g/mol. The van der Waals surface area contributed by atoms with Gasteiger partial charge in [0.05, 0.1) is 11.6 Å². The van der Waals surface area contributed by atoms with Gasteiger partial charge in [-0.2, -0.15) is 5.26 Å². The minimum absolute atomic E-state index is 0.659. The predicted molar refractivity (Wildman–Crippen MR) is 77.3 cm³/mol. The summed E-state index contributed by atoms with van der Waals surface area (Å²) in [7, 11) is 0. The number of anilines is 1. The van der Waals surface area contributed by atoms with Crippen LogP contribution in [0.3, 0.4) is 0 Å². The van der Waals surface area contributed by atoms with Crippen molar-refractivity contribution in [2.75, 3.05) is 31.1 Å². The minimum atomic E-state index is 0.659. The van der Waals surface area contributed by atoms with Crippen LogP contribution in [-0.2, 0) is 0 Å². The maximum atomic E-state index is 8.79. The van der Waals surface area contributed by atoms with Gasteiger partial charge in [-0.3, -0.25) is 0 Å². The molecule has 1 aliphatic rings. The second kappa shape index (κ2) is 5.68. The Morgan fingerprint density at radius 2 is 1.65 bits per heavy atom. The van der Waals surface area contributed by atoms with Crippen molar-refractivity contribution < 1.29 is 0 Å². The molecule has 100 valence electrons. The molecule has 2 aromatic rings. The highest BCUT2D eigenvalue weighted by molar-refractivity contribution is 5.63. The fraction of sp³-hybridized carbons (Fsp3) is 0.267. The molecule has 1 saturated heterocycles. The van der Waals surface area contributed by atoms with E-state index in [1.54, 1.807) is 12.1 Å². The number of piperazine rings is 1. The lowest BCUT2D eigenvalue weighted by Crippen LogP contribution is -2.44. The summed E-state index contributed by atoms with van der Waals surface area (Å²) in [5.41, 5.74) is 2.65. The summed E-state index contributed by atoms with van der Waals surface area (Å²) in [6.45, 7) is 3.83. The van der Waals surface area contributed by atoms with Crippen LogP contribution in [0.2, 0.25) is 0 Å². The Morgan fingerprint density at radius 1 is 1.00 bits per heavy atom. The molecule has 1 aliphatic heterocycles. The van der Waals surface area contributed by atoms with Crippen molar-refractivity contribution in [3.8, 4) is 17.2 Å². The summed E-state index contributed by atoms with van der Waals surface area (Å²) in [5, 5.41) is 12.1. The van der Waals surface area contributed by atoms with E-state index in [-0.39, 0.29) is 0 Å². The molecule has 2 heterocycles. The molecule has 0 saturated carbocycles. The van der Waals surface area contributed by atoms with Crippen LogP contribution in [0.1, 0.15) is 5.56 Å². The van der Waals surface area contributed by atoms with Gasteiger partial charge in [0, 0.05) is 44.1 Å². The quantitative estimate of drug-likeness (QED) is 0.889. The lowest BCUT2D eigenvalue weighted by atomic mass is 10.1. The molecule has 0 amide bonds. The lowest BCUT2D eigenvalue weighted by molar-refractivity contribution is 0.580. The van der Waals surface area contributed by atoms with Crippen LogP contribution in [0.5, 0.6) is 0 Å². The zero-order valence-corrected chi connectivity index (χ0v) is 11.1. The second-order valence-corrected chi connectivity index (χ2v) is 4.70. The van der Waals surface area contributed by atoms with E-state index in [0.29, 0.717) is 5.56 Å². The standard InChI is InChI=1S/C15H15N5/c16-9-12-1-3-13(4-2-12)14-10-18-15(19-11-14)20-7-5-17-6-8-20/h1-4,10-11,17H,5-8H2. The third kappa shape index (κ3) is 2.60. The van der Waals surface area contributed by atoms with E-state index in [0.717, 1.165) is 43.3 Å². The van der Waals surface area contributed by atoms with E-state index in [9.17, 15) is 0 Å². The van der Waals surface area contributed by atoms with Gasteiger partial charge >= 0.3 is 0 Å². The Bertz CT molecular complexity index is 606. The van der Waals surface area contributed by atoms with Crippen LogP contribution >= 0.6 is 0 Å². The van der Waals surface area contributed by atoms with Crippen molar-refractivity contribution in [3.05, 3.63) is 42.2 Å². The van der Waals surface area contributed by atoms with E-state index in [1.165, 1.54) is 0 Å². The van der Waals surface area contributed by atoms with Crippen LogP contribution in [0, 0.1) is 11.3 Å². The van der Waals surface area contributed by atoms with Crippen LogP contribution in [-0.4, -0.2) is 36.1 Å². The molecule has 5 nitrogen and oxygen atoms in total. The van der Waals surface area contributed by atoms with Crippen molar-refractivity contribution in [3.63, 3.8) is 0 Å². The number of nitriles is 1. The van der Waals surface area contributed by atoms with Gasteiger partial charge in [0.25, 0.3) is 0 Å². The number of nitrogens with zero attached hydrogens (tertiary/aromatic N) is 4. The number of benzene rings is 1. The summed E-state index contributed by atoms with van der Waals surface area (Å²) >= 11 is 0. The van der Waals surface area contributed by atoms with Crippen molar-refractivity contribution in [2.24, 2.45) is 0 Å². The fourth-order valence-electron chi connectivity index (χ4n) is 2.24. The van der Waals surface area contributed by atoms with Crippen LogP contribution in [0.15, 0.2) is 36.7 Å². The summed E-state index contributed by atoms with van der Waals surface area (Å²) in [6, 6.07) is 9.56. The summed E-state index contributed by atoms with van der Waals surface area (Å²) in [4.78, 5) is 11.1. The number of nitrogens with one attached hydrogen (secondary N) is 1. The molecule has 3 rings (SSSR count). The van der Waals surface area contributed by atoms with Crippen molar-refractivity contribution in [1.29, 1.82) is 5.26 Å². The van der Waals surface area contributed by atoms with E-state index >= 15 is 0 Å². The highest BCUT2D eigenvalue weighted by atomic mass is 15.3. The molecule has 0 aliphatic carbocycles. The number of hydrogen-bond acceptors (Lipinski definition) is 5. The smallest absolute Gasteiger partial charge is 0.225 e. The van der Waals surface area contributed by atoms with Gasteiger partial charge in [0.1, 0.15) is 0 Å². The molecule has 5 heteroatoms. The normalized spacial score (nSPS) is 14.8. The van der Waals surface area contributed by atoms with Gasteiger partial charge in [-0.05, 0) is 17.7 Å². The topological polar surface area (TPSA) is 64.8 Å². The van der Waals surface area contributed by atoms with Crippen molar-refractivity contribution >= 4 is 5.95 Å². The van der Waals surface area contributed by atoms with Gasteiger partial charge in [0.2, 0.25) is 5.95 Å². The molecule has 1 fully saturated rings. The van der Waals surface area contributed by atoms with E-state index < -0.39 is 0 Å². The predicted octanol–water partition coefficient (Wildman–Crippen LogP) is 1.42. The van der Waals surface area contributed by atoms with E-state index in [2.05, 4.69) is 26.3 Å². The Kier molecular flexibility index (Phi) is 3.57. The zero-order chi connectivity index (χ0) is 13.8. The van der Waals surface area contributed by atoms with E-state index in [4.69, 9.17) is 5.26 Å². The third-order valence-corrected chi connectivity index (χ3v) is 3.39. The Balaban J connectivity index is 1.79. The maximum Gasteiger partial charge on any atom is 0.225 e. The van der Waals surface area contributed by atoms with Crippen LogP contribution < -0.4 is 10.2 Å². The summed E-state index contributed by atoms with van der Waals surface area (Å²) in [5.74, 6) is 0.781. The molecule has 1 aromatic heterocycles. The third-order valence-electron chi connectivity index (χ3n) is 3.39. The first-order valence-electron chi connectivity index (χ1n) is 6.65. The Labute approximate surface area is 117 Å². The van der Waals surface area contributed by atoms with Gasteiger partial charge in [-0.1, -0.05) is 12.1 Å². The maximum absolute atomic E-state index is 8.79. The van der Waals surface area contributed by atoms with Gasteiger partial charge in [-0.25, -0.2) is 9.97 Å². The van der Waals surface area contributed by atoms with Gasteiger partial charge < -0.3 is 10.2 Å². The first kappa shape index (κ1) is 12.6. The molecular formula is C15H15N5. The molecule has 1 aromatic carbocycles. The van der Waals surface area contributed by atoms with Crippen molar-refractivity contribution in [1.82, 2.24) is 15.3 Å². The van der Waals surface area contributed by atoms with E-state index in [1.807, 2.05) is 24.5 Å².